The van der Waals surface area contributed by atoms with E-state index in [1.165, 1.54) is 12.1 Å². The summed E-state index contributed by atoms with van der Waals surface area (Å²) in [5.74, 6) is -0.362. The molecule has 1 fully saturated rings. The van der Waals surface area contributed by atoms with Crippen LogP contribution in [0.3, 0.4) is 0 Å². The summed E-state index contributed by atoms with van der Waals surface area (Å²) in [5, 5.41) is 1.08. The van der Waals surface area contributed by atoms with E-state index in [1.807, 2.05) is 0 Å². The van der Waals surface area contributed by atoms with Crippen LogP contribution in [-0.2, 0) is 15.7 Å². The number of amides is 2. The smallest absolute Gasteiger partial charge is 0.426 e. The summed E-state index contributed by atoms with van der Waals surface area (Å²) in [6.45, 7) is 5.03. The fourth-order valence-electron chi connectivity index (χ4n) is 2.65. The molecule has 0 bridgehead atoms. The van der Waals surface area contributed by atoms with Crippen molar-refractivity contribution in [1.29, 1.82) is 0 Å². The standard InChI is InChI=1S/C17H21F3N2O3/c1-16(2,3)25-15(24)21-22-13(8-5-9-14(22)23)11-6-4-7-12(10-11)17(18,19)20/h4,6-7,10,13H,5,8-9H2,1-3H3,(H,21,24). The van der Waals surface area contributed by atoms with Crippen molar-refractivity contribution in [1.82, 2.24) is 10.4 Å². The number of hydrogen-bond donors (Lipinski definition) is 1. The van der Waals surface area contributed by atoms with E-state index in [0.717, 1.165) is 17.1 Å². The Morgan fingerprint density at radius 2 is 1.96 bits per heavy atom. The van der Waals surface area contributed by atoms with Crippen LogP contribution in [0.15, 0.2) is 24.3 Å². The molecule has 1 heterocycles. The Balaban J connectivity index is 2.25. The summed E-state index contributed by atoms with van der Waals surface area (Å²) in [6, 6.07) is 4.12. The van der Waals surface area contributed by atoms with Crippen LogP contribution in [0.25, 0.3) is 0 Å². The van der Waals surface area contributed by atoms with E-state index in [0.29, 0.717) is 18.4 Å². The SMILES string of the molecule is CC(C)(C)OC(=O)NN1C(=O)CCCC1c1cccc(C(F)(F)F)c1. The number of piperidine rings is 1. The van der Waals surface area contributed by atoms with Crippen LogP contribution in [0.1, 0.15) is 57.2 Å². The van der Waals surface area contributed by atoms with Crippen LogP contribution in [0, 0.1) is 0 Å². The number of hydrazine groups is 1. The van der Waals surface area contributed by atoms with Crippen LogP contribution in [0.2, 0.25) is 0 Å². The van der Waals surface area contributed by atoms with E-state index < -0.39 is 29.5 Å². The zero-order chi connectivity index (χ0) is 18.8. The third-order valence-corrected chi connectivity index (χ3v) is 3.66. The Labute approximate surface area is 144 Å². The van der Waals surface area contributed by atoms with Crippen molar-refractivity contribution in [2.45, 2.75) is 57.9 Å². The topological polar surface area (TPSA) is 58.6 Å². The average molecular weight is 358 g/mol. The van der Waals surface area contributed by atoms with Gasteiger partial charge in [-0.2, -0.15) is 13.2 Å². The van der Waals surface area contributed by atoms with E-state index >= 15 is 0 Å². The van der Waals surface area contributed by atoms with Gasteiger partial charge in [-0.25, -0.2) is 15.2 Å². The first-order valence-electron chi connectivity index (χ1n) is 7.96. The number of carbonyl (C=O) groups excluding carboxylic acids is 2. The maximum atomic E-state index is 12.9. The molecular formula is C17H21F3N2O3. The second-order valence-electron chi connectivity index (χ2n) is 6.91. The van der Waals surface area contributed by atoms with Gasteiger partial charge in [0.15, 0.2) is 0 Å². The van der Waals surface area contributed by atoms with Gasteiger partial charge in [0.1, 0.15) is 5.60 Å². The summed E-state index contributed by atoms with van der Waals surface area (Å²) in [7, 11) is 0. The lowest BCUT2D eigenvalue weighted by atomic mass is 9.95. The molecule has 1 aliphatic rings. The van der Waals surface area contributed by atoms with Crippen LogP contribution >= 0.6 is 0 Å². The van der Waals surface area contributed by atoms with E-state index in [1.54, 1.807) is 20.8 Å². The first kappa shape index (κ1) is 19.1. The van der Waals surface area contributed by atoms with Gasteiger partial charge in [0.05, 0.1) is 11.6 Å². The molecule has 0 saturated carbocycles. The Morgan fingerprint density at radius 1 is 1.28 bits per heavy atom. The monoisotopic (exact) mass is 358 g/mol. The molecular weight excluding hydrogens is 337 g/mol. The van der Waals surface area contributed by atoms with E-state index in [2.05, 4.69) is 5.43 Å². The molecule has 0 spiro atoms. The maximum Gasteiger partial charge on any atom is 0.426 e. The average Bonchev–Trinajstić information content (AvgIpc) is 2.47. The minimum absolute atomic E-state index is 0.214. The minimum Gasteiger partial charge on any atom is -0.443 e. The molecule has 5 nitrogen and oxygen atoms in total. The third kappa shape index (κ3) is 5.11. The molecule has 1 aromatic rings. The van der Waals surface area contributed by atoms with Crippen molar-refractivity contribution >= 4 is 12.0 Å². The highest BCUT2D eigenvalue weighted by atomic mass is 19.4. The van der Waals surface area contributed by atoms with Gasteiger partial charge in [-0.3, -0.25) is 4.79 Å². The molecule has 1 saturated heterocycles. The first-order chi connectivity index (χ1) is 11.5. The van der Waals surface area contributed by atoms with Crippen molar-refractivity contribution < 1.29 is 27.5 Å². The Kier molecular flexibility index (Phi) is 5.29. The zero-order valence-electron chi connectivity index (χ0n) is 14.3. The number of carbonyl (C=O) groups is 2. The molecule has 1 aliphatic heterocycles. The van der Waals surface area contributed by atoms with Crippen LogP contribution in [-0.4, -0.2) is 22.6 Å². The van der Waals surface area contributed by atoms with Crippen molar-refractivity contribution in [3.63, 3.8) is 0 Å². The summed E-state index contributed by atoms with van der Waals surface area (Å²) in [6.07, 6.45) is -4.10. The van der Waals surface area contributed by atoms with E-state index in [4.69, 9.17) is 4.74 Å². The number of rotatable bonds is 2. The second kappa shape index (κ2) is 6.93. The van der Waals surface area contributed by atoms with E-state index in [9.17, 15) is 22.8 Å². The molecule has 1 aromatic carbocycles. The van der Waals surface area contributed by atoms with Crippen molar-refractivity contribution in [2.75, 3.05) is 0 Å². The predicted octanol–water partition coefficient (Wildman–Crippen LogP) is 4.20. The van der Waals surface area contributed by atoms with Gasteiger partial charge >= 0.3 is 12.3 Å². The summed E-state index contributed by atoms with van der Waals surface area (Å²) in [5.41, 5.74) is 1.15. The highest BCUT2D eigenvalue weighted by Crippen LogP contribution is 2.35. The van der Waals surface area contributed by atoms with Crippen molar-refractivity contribution in [3.8, 4) is 0 Å². The third-order valence-electron chi connectivity index (χ3n) is 3.66. The molecule has 8 heteroatoms. The predicted molar refractivity (Wildman–Crippen MR) is 84.3 cm³/mol. The molecule has 2 amide bonds. The fourth-order valence-corrected chi connectivity index (χ4v) is 2.65. The molecule has 0 aromatic heterocycles. The fraction of sp³-hybridized carbons (Fsp3) is 0.529. The van der Waals surface area contributed by atoms with Gasteiger partial charge in [-0.1, -0.05) is 12.1 Å². The van der Waals surface area contributed by atoms with Gasteiger partial charge in [-0.15, -0.1) is 0 Å². The van der Waals surface area contributed by atoms with Gasteiger partial charge in [0.25, 0.3) is 0 Å². The summed E-state index contributed by atoms with van der Waals surface area (Å²) < 4.78 is 43.9. The number of hydrogen-bond acceptors (Lipinski definition) is 3. The van der Waals surface area contributed by atoms with Crippen molar-refractivity contribution in [3.05, 3.63) is 35.4 Å². The summed E-state index contributed by atoms with van der Waals surface area (Å²) in [4.78, 5) is 24.2. The summed E-state index contributed by atoms with van der Waals surface area (Å²) >= 11 is 0. The largest absolute Gasteiger partial charge is 0.443 e. The lowest BCUT2D eigenvalue weighted by molar-refractivity contribution is -0.140. The normalized spacial score (nSPS) is 18.9. The Bertz CT molecular complexity index is 653. The van der Waals surface area contributed by atoms with Crippen LogP contribution in [0.5, 0.6) is 0 Å². The lowest BCUT2D eigenvalue weighted by Gasteiger charge is -2.36. The Morgan fingerprint density at radius 3 is 2.56 bits per heavy atom. The molecule has 1 unspecified atom stereocenters. The zero-order valence-corrected chi connectivity index (χ0v) is 14.3. The molecule has 0 radical (unpaired) electrons. The van der Waals surface area contributed by atoms with Gasteiger partial charge in [0, 0.05) is 6.42 Å². The number of alkyl halides is 3. The van der Waals surface area contributed by atoms with Crippen LogP contribution in [0.4, 0.5) is 18.0 Å². The minimum atomic E-state index is -4.47. The van der Waals surface area contributed by atoms with Gasteiger partial charge < -0.3 is 4.74 Å². The van der Waals surface area contributed by atoms with Gasteiger partial charge in [0.2, 0.25) is 5.91 Å². The number of benzene rings is 1. The van der Waals surface area contributed by atoms with E-state index in [-0.39, 0.29) is 12.3 Å². The second-order valence-corrected chi connectivity index (χ2v) is 6.91. The molecule has 0 aliphatic carbocycles. The molecule has 1 N–H and O–H groups in total. The maximum absolute atomic E-state index is 12.9. The Hall–Kier alpha value is -2.25. The number of nitrogens with one attached hydrogen (secondary N) is 1. The molecule has 138 valence electrons. The molecule has 1 atom stereocenters. The molecule has 25 heavy (non-hydrogen) atoms. The number of nitrogens with zero attached hydrogens (tertiary/aromatic N) is 1. The number of halogens is 3. The van der Waals surface area contributed by atoms with Gasteiger partial charge in [-0.05, 0) is 51.3 Å². The number of ether oxygens (including phenoxy) is 1. The van der Waals surface area contributed by atoms with Crippen LogP contribution < -0.4 is 5.43 Å². The highest BCUT2D eigenvalue weighted by molar-refractivity contribution is 5.80. The van der Waals surface area contributed by atoms with Crippen molar-refractivity contribution in [2.24, 2.45) is 0 Å². The quantitative estimate of drug-likeness (QED) is 0.862. The highest BCUT2D eigenvalue weighted by Gasteiger charge is 2.35. The first-order valence-corrected chi connectivity index (χ1v) is 7.96. The lowest BCUT2D eigenvalue weighted by Crippen LogP contribution is -2.51. The molecule has 2 rings (SSSR count).